The lowest BCUT2D eigenvalue weighted by Gasteiger charge is -2.08. The molecule has 0 aromatic rings. The molecule has 0 heterocycles. The summed E-state index contributed by atoms with van der Waals surface area (Å²) in [5.74, 6) is -0.875. The van der Waals surface area contributed by atoms with Gasteiger partial charge in [-0.3, -0.25) is 4.79 Å². The van der Waals surface area contributed by atoms with Crippen LogP contribution in [0, 0.1) is 5.41 Å². The Kier molecular flexibility index (Phi) is 3.00. The highest BCUT2D eigenvalue weighted by Crippen LogP contribution is 2.23. The Morgan fingerprint density at radius 3 is 2.00 bits per heavy atom. The molecule has 0 aliphatic rings. The smallest absolute Gasteiger partial charge is 0.394 e. The van der Waals surface area contributed by atoms with E-state index in [0.29, 0.717) is 6.21 Å². The maximum absolute atomic E-state index is 11.8. The highest BCUT2D eigenvalue weighted by Gasteiger charge is 2.34. The second-order valence-electron chi connectivity index (χ2n) is 2.03. The largest absolute Gasteiger partial charge is 0.431 e. The minimum Gasteiger partial charge on any atom is -0.394 e. The third-order valence-corrected chi connectivity index (χ3v) is 1.12. The lowest BCUT2D eigenvalue weighted by atomic mass is 10.1. The first-order chi connectivity index (χ1) is 5.30. The van der Waals surface area contributed by atoms with Gasteiger partial charge < -0.3 is 11.1 Å². The van der Waals surface area contributed by atoms with Gasteiger partial charge in [0.25, 0.3) is 0 Å². The zero-order chi connectivity index (χ0) is 9.94. The van der Waals surface area contributed by atoms with Gasteiger partial charge in [-0.1, -0.05) is 0 Å². The van der Waals surface area contributed by atoms with E-state index >= 15 is 0 Å². The van der Waals surface area contributed by atoms with Crippen LogP contribution in [-0.2, 0) is 4.79 Å². The van der Waals surface area contributed by atoms with Gasteiger partial charge in [0.15, 0.2) is 5.78 Å². The van der Waals surface area contributed by atoms with E-state index in [4.69, 9.17) is 5.41 Å². The van der Waals surface area contributed by atoms with Crippen molar-refractivity contribution in [2.24, 2.45) is 5.73 Å². The lowest BCUT2D eigenvalue weighted by molar-refractivity contribution is -0.115. The number of alkyl halides is 3. The molecule has 0 bridgehead atoms. The van der Waals surface area contributed by atoms with Gasteiger partial charge in [0.05, 0.1) is 5.57 Å². The fourth-order valence-corrected chi connectivity index (χ4v) is 0.522. The number of carbonyl (C=O) groups is 1. The highest BCUT2D eigenvalue weighted by molar-refractivity contribution is 6.12. The lowest BCUT2D eigenvalue weighted by Crippen LogP contribution is -2.24. The molecule has 0 saturated heterocycles. The Morgan fingerprint density at radius 2 is 1.92 bits per heavy atom. The van der Waals surface area contributed by atoms with Crippen LogP contribution < -0.4 is 5.73 Å². The summed E-state index contributed by atoms with van der Waals surface area (Å²) in [6.45, 7) is 0.916. The number of Topliss-reactive ketones (excluding diaryl/α,β-unsaturated/α-hetero) is 1. The van der Waals surface area contributed by atoms with Crippen LogP contribution >= 0.6 is 0 Å². The van der Waals surface area contributed by atoms with Gasteiger partial charge in [-0.15, -0.1) is 0 Å². The second-order valence-corrected chi connectivity index (χ2v) is 2.03. The van der Waals surface area contributed by atoms with Crippen LogP contribution in [0.5, 0.6) is 0 Å². The van der Waals surface area contributed by atoms with Crippen LogP contribution in [0.2, 0.25) is 0 Å². The molecule has 3 nitrogen and oxygen atoms in total. The summed E-state index contributed by atoms with van der Waals surface area (Å²) in [6.07, 6.45) is -4.45. The fourth-order valence-electron chi connectivity index (χ4n) is 0.522. The van der Waals surface area contributed by atoms with Crippen LogP contribution in [0.15, 0.2) is 11.3 Å². The van der Waals surface area contributed by atoms with Crippen LogP contribution in [0.25, 0.3) is 0 Å². The van der Waals surface area contributed by atoms with Crippen molar-refractivity contribution >= 4 is 12.0 Å². The van der Waals surface area contributed by atoms with E-state index in [1.807, 2.05) is 0 Å². The molecule has 0 aliphatic heterocycles. The molecule has 0 aromatic heterocycles. The molecular weight excluding hydrogens is 173 g/mol. The van der Waals surface area contributed by atoms with E-state index in [1.54, 1.807) is 0 Å². The molecule has 0 amide bonds. The summed E-state index contributed by atoms with van der Waals surface area (Å²) in [5, 5.41) is 6.52. The van der Waals surface area contributed by atoms with Crippen molar-refractivity contribution in [1.29, 1.82) is 5.41 Å². The second kappa shape index (κ2) is 3.38. The standard InChI is InChI=1S/C6H7F3N2O/c1-3(12)4(2-10)5(11)6(7,8)9/h2,10H,11H2,1H3/b5-4+,10-2?. The first kappa shape index (κ1) is 10.7. The van der Waals surface area contributed by atoms with Gasteiger partial charge in [0.2, 0.25) is 0 Å². The normalized spacial score (nSPS) is 13.7. The van der Waals surface area contributed by atoms with E-state index in [-0.39, 0.29) is 0 Å². The number of halogens is 3. The number of carbonyl (C=O) groups excluding carboxylic acids is 1. The highest BCUT2D eigenvalue weighted by atomic mass is 19.4. The van der Waals surface area contributed by atoms with Gasteiger partial charge >= 0.3 is 6.18 Å². The molecule has 3 N–H and O–H groups in total. The van der Waals surface area contributed by atoms with Crippen molar-refractivity contribution in [3.63, 3.8) is 0 Å². The number of allylic oxidation sites excluding steroid dienone is 2. The molecule has 0 saturated carbocycles. The molecule has 0 aliphatic carbocycles. The Balaban J connectivity index is 5.12. The van der Waals surface area contributed by atoms with E-state index < -0.39 is 23.2 Å². The van der Waals surface area contributed by atoms with E-state index in [1.165, 1.54) is 0 Å². The van der Waals surface area contributed by atoms with Crippen molar-refractivity contribution in [2.75, 3.05) is 0 Å². The Bertz CT molecular complexity index is 242. The summed E-state index contributed by atoms with van der Waals surface area (Å²) in [7, 11) is 0. The fraction of sp³-hybridized carbons (Fsp3) is 0.333. The molecule has 12 heavy (non-hydrogen) atoms. The minimum atomic E-state index is -4.75. The summed E-state index contributed by atoms with van der Waals surface area (Å²) in [6, 6.07) is 0. The molecular formula is C6H7F3N2O. The van der Waals surface area contributed by atoms with E-state index in [0.717, 1.165) is 6.92 Å². The molecule has 6 heteroatoms. The van der Waals surface area contributed by atoms with Crippen LogP contribution in [0.1, 0.15) is 6.92 Å². The average Bonchev–Trinajstić information content (AvgIpc) is 1.86. The predicted molar refractivity (Wildman–Crippen MR) is 36.7 cm³/mol. The summed E-state index contributed by atoms with van der Waals surface area (Å²) in [5.41, 5.74) is 2.25. The molecule has 0 fully saturated rings. The maximum Gasteiger partial charge on any atom is 0.431 e. The zero-order valence-electron chi connectivity index (χ0n) is 6.20. The van der Waals surface area contributed by atoms with Crippen LogP contribution in [0.3, 0.4) is 0 Å². The van der Waals surface area contributed by atoms with Gasteiger partial charge in [0.1, 0.15) is 5.70 Å². The van der Waals surface area contributed by atoms with Crippen molar-refractivity contribution in [3.8, 4) is 0 Å². The Morgan fingerprint density at radius 1 is 1.50 bits per heavy atom. The summed E-state index contributed by atoms with van der Waals surface area (Å²) >= 11 is 0. The van der Waals surface area contributed by atoms with E-state index in [2.05, 4.69) is 5.73 Å². The first-order valence-electron chi connectivity index (χ1n) is 2.89. The van der Waals surface area contributed by atoms with Crippen molar-refractivity contribution in [3.05, 3.63) is 11.3 Å². The van der Waals surface area contributed by atoms with Crippen molar-refractivity contribution < 1.29 is 18.0 Å². The number of ketones is 1. The summed E-state index contributed by atoms with van der Waals surface area (Å²) < 4.78 is 35.4. The molecule has 0 spiro atoms. The number of hydrogen-bond donors (Lipinski definition) is 2. The maximum atomic E-state index is 11.8. The third-order valence-electron chi connectivity index (χ3n) is 1.12. The monoisotopic (exact) mass is 180 g/mol. The predicted octanol–water partition coefficient (Wildman–Crippen LogP) is 1.00. The number of nitrogens with one attached hydrogen (secondary N) is 1. The van der Waals surface area contributed by atoms with Crippen molar-refractivity contribution in [2.45, 2.75) is 13.1 Å². The topological polar surface area (TPSA) is 66.9 Å². The van der Waals surface area contributed by atoms with E-state index in [9.17, 15) is 18.0 Å². The summed E-state index contributed by atoms with van der Waals surface area (Å²) in [4.78, 5) is 10.5. The van der Waals surface area contributed by atoms with Gasteiger partial charge in [0, 0.05) is 6.21 Å². The number of nitrogens with two attached hydrogens (primary N) is 1. The molecule has 0 aromatic carbocycles. The molecule has 68 valence electrons. The average molecular weight is 180 g/mol. The van der Waals surface area contributed by atoms with Crippen molar-refractivity contribution in [1.82, 2.24) is 0 Å². The zero-order valence-corrected chi connectivity index (χ0v) is 6.20. The number of hydrogen-bond acceptors (Lipinski definition) is 3. The van der Waals surface area contributed by atoms with Gasteiger partial charge in [-0.05, 0) is 6.92 Å². The molecule has 0 radical (unpaired) electrons. The Hall–Kier alpha value is -1.33. The quantitative estimate of drug-likeness (QED) is 0.491. The van der Waals surface area contributed by atoms with Gasteiger partial charge in [-0.2, -0.15) is 13.2 Å². The molecule has 0 rings (SSSR count). The van der Waals surface area contributed by atoms with Gasteiger partial charge in [-0.25, -0.2) is 0 Å². The SMILES string of the molecule is CC(=O)/C(C=N)=C(/N)C(F)(F)F. The molecule has 0 unspecified atom stereocenters. The minimum absolute atomic E-state index is 0.297. The van der Waals surface area contributed by atoms with Crippen LogP contribution in [0.4, 0.5) is 13.2 Å². The third kappa shape index (κ3) is 2.37. The molecule has 0 atom stereocenters. The Labute approximate surface area is 66.6 Å². The van der Waals surface area contributed by atoms with Crippen LogP contribution in [-0.4, -0.2) is 18.2 Å². The first-order valence-corrected chi connectivity index (χ1v) is 2.89. The number of rotatable bonds is 2.